The van der Waals surface area contributed by atoms with Crippen molar-refractivity contribution >= 4 is 5.91 Å². The average molecular weight is 159 g/mol. The van der Waals surface area contributed by atoms with Gasteiger partial charge in [0.25, 0.3) is 0 Å². The lowest BCUT2D eigenvalue weighted by Gasteiger charge is -2.29. The van der Waals surface area contributed by atoms with Gasteiger partial charge in [0, 0.05) is 7.05 Å². The summed E-state index contributed by atoms with van der Waals surface area (Å²) < 4.78 is 0. The minimum Gasteiger partial charge on any atom is -0.395 e. The van der Waals surface area contributed by atoms with E-state index in [0.717, 1.165) is 0 Å². The second-order valence-electron chi connectivity index (χ2n) is 3.31. The van der Waals surface area contributed by atoms with Gasteiger partial charge in [0.05, 0.1) is 12.0 Å². The first kappa shape index (κ1) is 10.4. The zero-order valence-corrected chi connectivity index (χ0v) is 7.64. The number of carbonyl (C=O) groups excluding carboxylic acids is 1. The Kier molecular flexibility index (Phi) is 3.52. The van der Waals surface area contributed by atoms with Crippen LogP contribution in [0.25, 0.3) is 0 Å². The summed E-state index contributed by atoms with van der Waals surface area (Å²) in [7, 11) is 1.58. The second-order valence-corrected chi connectivity index (χ2v) is 3.31. The number of nitrogens with one attached hydrogen (secondary N) is 1. The highest BCUT2D eigenvalue weighted by atomic mass is 16.3. The summed E-state index contributed by atoms with van der Waals surface area (Å²) in [5, 5.41) is 11.5. The molecule has 0 fully saturated rings. The van der Waals surface area contributed by atoms with Crippen LogP contribution >= 0.6 is 0 Å². The minimum absolute atomic E-state index is 0.102. The molecule has 1 amide bonds. The second kappa shape index (κ2) is 3.72. The van der Waals surface area contributed by atoms with Crippen LogP contribution in [0.2, 0.25) is 0 Å². The number of aliphatic hydroxyl groups excluding tert-OH is 1. The number of amides is 1. The van der Waals surface area contributed by atoms with Gasteiger partial charge in [-0.15, -0.1) is 0 Å². The molecule has 1 unspecified atom stereocenters. The van der Waals surface area contributed by atoms with E-state index in [1.165, 1.54) is 0 Å². The summed E-state index contributed by atoms with van der Waals surface area (Å²) in [5.74, 6) is 0.0439. The fraction of sp³-hybridized carbons (Fsp3) is 0.875. The van der Waals surface area contributed by atoms with E-state index in [1.807, 2.05) is 13.8 Å². The van der Waals surface area contributed by atoms with Crippen molar-refractivity contribution in [3.05, 3.63) is 0 Å². The maximum atomic E-state index is 11.2. The molecule has 0 rings (SSSR count). The Morgan fingerprint density at radius 2 is 2.09 bits per heavy atom. The van der Waals surface area contributed by atoms with Crippen molar-refractivity contribution in [3.8, 4) is 0 Å². The molecule has 3 heteroatoms. The molecule has 1 atom stereocenters. The SMILES string of the molecule is CNC(=O)C(C)(CO)C(C)C. The van der Waals surface area contributed by atoms with Gasteiger partial charge in [0.2, 0.25) is 5.91 Å². The molecule has 0 heterocycles. The standard InChI is InChI=1S/C8H17NO2/c1-6(2)8(3,5-10)7(11)9-4/h6,10H,5H2,1-4H3,(H,9,11). The maximum absolute atomic E-state index is 11.2. The van der Waals surface area contributed by atoms with Gasteiger partial charge in [-0.1, -0.05) is 13.8 Å². The molecule has 0 radical (unpaired) electrons. The van der Waals surface area contributed by atoms with Crippen LogP contribution < -0.4 is 5.32 Å². The van der Waals surface area contributed by atoms with E-state index in [2.05, 4.69) is 5.32 Å². The predicted octanol–water partition coefficient (Wildman–Crippen LogP) is 0.387. The van der Waals surface area contributed by atoms with Crippen molar-refractivity contribution in [2.24, 2.45) is 11.3 Å². The number of aliphatic hydroxyl groups is 1. The molecule has 0 bridgehead atoms. The number of hydrogen-bond acceptors (Lipinski definition) is 2. The van der Waals surface area contributed by atoms with Gasteiger partial charge in [-0.25, -0.2) is 0 Å². The molecule has 2 N–H and O–H groups in total. The van der Waals surface area contributed by atoms with Crippen LogP contribution in [0.15, 0.2) is 0 Å². The van der Waals surface area contributed by atoms with E-state index in [9.17, 15) is 4.79 Å². The van der Waals surface area contributed by atoms with Crippen LogP contribution in [0, 0.1) is 11.3 Å². The monoisotopic (exact) mass is 159 g/mol. The van der Waals surface area contributed by atoms with Gasteiger partial charge in [-0.05, 0) is 12.8 Å². The van der Waals surface area contributed by atoms with Crippen LogP contribution in [-0.2, 0) is 4.79 Å². The van der Waals surface area contributed by atoms with Gasteiger partial charge < -0.3 is 10.4 Å². The average Bonchev–Trinajstić information content (AvgIpc) is 2.01. The fourth-order valence-electron chi connectivity index (χ4n) is 0.802. The molecule has 0 aromatic rings. The molecule has 0 aliphatic rings. The Labute approximate surface area is 67.8 Å². The highest BCUT2D eigenvalue weighted by molar-refractivity contribution is 5.82. The lowest BCUT2D eigenvalue weighted by molar-refractivity contribution is -0.134. The lowest BCUT2D eigenvalue weighted by Crippen LogP contribution is -2.43. The van der Waals surface area contributed by atoms with E-state index < -0.39 is 5.41 Å². The van der Waals surface area contributed by atoms with Crippen molar-refractivity contribution < 1.29 is 9.90 Å². The van der Waals surface area contributed by atoms with Crippen molar-refractivity contribution in [3.63, 3.8) is 0 Å². The van der Waals surface area contributed by atoms with Crippen LogP contribution in [-0.4, -0.2) is 24.7 Å². The summed E-state index contributed by atoms with van der Waals surface area (Å²) in [6.45, 7) is 5.50. The Morgan fingerprint density at radius 3 is 2.18 bits per heavy atom. The minimum atomic E-state index is -0.644. The molecule has 66 valence electrons. The van der Waals surface area contributed by atoms with E-state index in [-0.39, 0.29) is 18.4 Å². The number of carbonyl (C=O) groups is 1. The van der Waals surface area contributed by atoms with Crippen LogP contribution in [0.4, 0.5) is 0 Å². The third-order valence-corrected chi connectivity index (χ3v) is 2.35. The van der Waals surface area contributed by atoms with Gasteiger partial charge in [0.15, 0.2) is 0 Å². The van der Waals surface area contributed by atoms with Gasteiger partial charge >= 0.3 is 0 Å². The zero-order valence-electron chi connectivity index (χ0n) is 7.64. The highest BCUT2D eigenvalue weighted by Gasteiger charge is 2.34. The van der Waals surface area contributed by atoms with Gasteiger partial charge in [-0.2, -0.15) is 0 Å². The summed E-state index contributed by atoms with van der Waals surface area (Å²) in [6, 6.07) is 0. The van der Waals surface area contributed by atoms with Gasteiger partial charge in [-0.3, -0.25) is 4.79 Å². The van der Waals surface area contributed by atoms with E-state index in [0.29, 0.717) is 0 Å². The first-order valence-electron chi connectivity index (χ1n) is 3.82. The van der Waals surface area contributed by atoms with Crippen molar-refractivity contribution in [1.29, 1.82) is 0 Å². The van der Waals surface area contributed by atoms with Crippen LogP contribution in [0.1, 0.15) is 20.8 Å². The third-order valence-electron chi connectivity index (χ3n) is 2.35. The summed E-state index contributed by atoms with van der Waals surface area (Å²) in [5.41, 5.74) is -0.644. The molecule has 0 aliphatic carbocycles. The molecule has 0 spiro atoms. The van der Waals surface area contributed by atoms with E-state index >= 15 is 0 Å². The predicted molar refractivity (Wildman–Crippen MR) is 44.1 cm³/mol. The normalized spacial score (nSPS) is 16.2. The topological polar surface area (TPSA) is 49.3 Å². The molecule has 0 saturated heterocycles. The largest absolute Gasteiger partial charge is 0.395 e. The third kappa shape index (κ3) is 1.93. The Morgan fingerprint density at radius 1 is 1.64 bits per heavy atom. The molecule has 0 aliphatic heterocycles. The molecule has 11 heavy (non-hydrogen) atoms. The molecular formula is C8H17NO2. The number of rotatable bonds is 3. The van der Waals surface area contributed by atoms with Crippen molar-refractivity contribution in [2.75, 3.05) is 13.7 Å². The van der Waals surface area contributed by atoms with Gasteiger partial charge in [0.1, 0.15) is 0 Å². The fourth-order valence-corrected chi connectivity index (χ4v) is 0.802. The van der Waals surface area contributed by atoms with Crippen LogP contribution in [0.3, 0.4) is 0 Å². The highest BCUT2D eigenvalue weighted by Crippen LogP contribution is 2.25. The smallest absolute Gasteiger partial charge is 0.228 e. The first-order valence-corrected chi connectivity index (χ1v) is 3.82. The lowest BCUT2D eigenvalue weighted by atomic mass is 9.79. The Balaban J connectivity index is 4.45. The maximum Gasteiger partial charge on any atom is 0.228 e. The summed E-state index contributed by atoms with van der Waals surface area (Å²) in [4.78, 5) is 11.2. The zero-order chi connectivity index (χ0) is 9.07. The molecule has 3 nitrogen and oxygen atoms in total. The molecule has 0 aromatic heterocycles. The summed E-state index contributed by atoms with van der Waals surface area (Å²) >= 11 is 0. The summed E-state index contributed by atoms with van der Waals surface area (Å²) in [6.07, 6.45) is 0. The Bertz CT molecular complexity index is 145. The molecular weight excluding hydrogens is 142 g/mol. The van der Waals surface area contributed by atoms with Crippen molar-refractivity contribution in [1.82, 2.24) is 5.32 Å². The number of hydrogen-bond donors (Lipinski definition) is 2. The quantitative estimate of drug-likeness (QED) is 0.625. The molecule has 0 saturated carbocycles. The first-order chi connectivity index (χ1) is 4.99. The van der Waals surface area contributed by atoms with Crippen LogP contribution in [0.5, 0.6) is 0 Å². The van der Waals surface area contributed by atoms with Crippen molar-refractivity contribution in [2.45, 2.75) is 20.8 Å². The van der Waals surface area contributed by atoms with E-state index in [1.54, 1.807) is 14.0 Å². The van der Waals surface area contributed by atoms with E-state index in [4.69, 9.17) is 5.11 Å². The Hall–Kier alpha value is -0.570. The molecule has 0 aromatic carbocycles.